The lowest BCUT2D eigenvalue weighted by Crippen LogP contribution is -2.41. The van der Waals surface area contributed by atoms with Crippen molar-refractivity contribution in [2.45, 2.75) is 46.7 Å². The summed E-state index contributed by atoms with van der Waals surface area (Å²) in [6.45, 7) is 7.41. The first-order chi connectivity index (χ1) is 10.4. The van der Waals surface area contributed by atoms with Crippen LogP contribution in [0.25, 0.3) is 11.2 Å². The second-order valence-corrected chi connectivity index (χ2v) is 6.13. The summed E-state index contributed by atoms with van der Waals surface area (Å²) in [5.41, 5.74) is 5.93. The van der Waals surface area contributed by atoms with E-state index in [1.807, 2.05) is 20.8 Å². The first-order valence-corrected chi connectivity index (χ1v) is 7.75. The molecule has 122 valence electrons. The van der Waals surface area contributed by atoms with Crippen LogP contribution in [0.4, 0.5) is 0 Å². The van der Waals surface area contributed by atoms with Gasteiger partial charge in [0.05, 0.1) is 0 Å². The molecule has 0 spiro atoms. The molecule has 0 atom stereocenters. The van der Waals surface area contributed by atoms with E-state index in [9.17, 15) is 9.59 Å². The molecule has 2 N–H and O–H groups in total. The van der Waals surface area contributed by atoms with Crippen LogP contribution in [-0.2, 0) is 20.1 Å². The van der Waals surface area contributed by atoms with Gasteiger partial charge in [-0.1, -0.05) is 13.8 Å². The van der Waals surface area contributed by atoms with Crippen molar-refractivity contribution >= 4 is 11.2 Å². The normalized spacial score (nSPS) is 11.7. The van der Waals surface area contributed by atoms with Gasteiger partial charge in [-0.05, 0) is 32.2 Å². The van der Waals surface area contributed by atoms with E-state index in [0.29, 0.717) is 36.7 Å². The molecule has 0 bridgehead atoms. The van der Waals surface area contributed by atoms with Crippen molar-refractivity contribution in [1.82, 2.24) is 18.7 Å². The maximum absolute atomic E-state index is 12.7. The minimum absolute atomic E-state index is 0.264. The maximum atomic E-state index is 12.7. The van der Waals surface area contributed by atoms with E-state index in [2.05, 4.69) is 4.98 Å². The van der Waals surface area contributed by atoms with Crippen LogP contribution in [0.5, 0.6) is 0 Å². The Morgan fingerprint density at radius 1 is 1.18 bits per heavy atom. The molecule has 2 heterocycles. The van der Waals surface area contributed by atoms with Crippen LogP contribution < -0.4 is 17.0 Å². The number of imidazole rings is 1. The monoisotopic (exact) mass is 307 g/mol. The van der Waals surface area contributed by atoms with Crippen molar-refractivity contribution in [3.05, 3.63) is 26.7 Å². The zero-order valence-corrected chi connectivity index (χ0v) is 13.8. The standard InChI is InChI=1S/C15H25N5O2/c1-10(2)9-20-13-12(18(4)11(3)17-13)14(21)19(15(20)22)8-6-5-7-16/h10H,5-9,16H2,1-4H3. The van der Waals surface area contributed by atoms with Crippen molar-refractivity contribution in [1.29, 1.82) is 0 Å². The lowest BCUT2D eigenvalue weighted by atomic mass is 10.2. The quantitative estimate of drug-likeness (QED) is 0.792. The summed E-state index contributed by atoms with van der Waals surface area (Å²) < 4.78 is 4.70. The number of hydrogen-bond donors (Lipinski definition) is 1. The van der Waals surface area contributed by atoms with Crippen molar-refractivity contribution < 1.29 is 0 Å². The number of aryl methyl sites for hydroxylation is 2. The van der Waals surface area contributed by atoms with E-state index < -0.39 is 0 Å². The van der Waals surface area contributed by atoms with Crippen molar-refractivity contribution in [3.8, 4) is 0 Å². The third-order valence-electron chi connectivity index (χ3n) is 3.85. The largest absolute Gasteiger partial charge is 0.332 e. The number of nitrogens with zero attached hydrogens (tertiary/aromatic N) is 4. The van der Waals surface area contributed by atoms with Crippen LogP contribution in [0, 0.1) is 12.8 Å². The number of fused-ring (bicyclic) bond motifs is 1. The highest BCUT2D eigenvalue weighted by Crippen LogP contribution is 2.10. The number of unbranched alkanes of at least 4 members (excludes halogenated alkanes) is 1. The zero-order valence-electron chi connectivity index (χ0n) is 13.8. The third kappa shape index (κ3) is 2.85. The van der Waals surface area contributed by atoms with Gasteiger partial charge in [-0.2, -0.15) is 0 Å². The van der Waals surface area contributed by atoms with E-state index in [0.717, 1.165) is 18.7 Å². The van der Waals surface area contributed by atoms with Crippen LogP contribution in [0.3, 0.4) is 0 Å². The summed E-state index contributed by atoms with van der Waals surface area (Å²) in [6.07, 6.45) is 1.51. The maximum Gasteiger partial charge on any atom is 0.332 e. The lowest BCUT2D eigenvalue weighted by molar-refractivity contribution is 0.479. The van der Waals surface area contributed by atoms with Crippen molar-refractivity contribution in [2.24, 2.45) is 18.7 Å². The molecule has 0 fully saturated rings. The van der Waals surface area contributed by atoms with Gasteiger partial charge in [0.15, 0.2) is 11.2 Å². The molecule has 0 aliphatic carbocycles. The van der Waals surface area contributed by atoms with E-state index in [4.69, 9.17) is 5.73 Å². The Labute approximate surface area is 129 Å². The first-order valence-electron chi connectivity index (χ1n) is 7.75. The minimum Gasteiger partial charge on any atom is -0.330 e. The van der Waals surface area contributed by atoms with Crippen LogP contribution >= 0.6 is 0 Å². The zero-order chi connectivity index (χ0) is 16.4. The number of rotatable bonds is 6. The SMILES string of the molecule is Cc1nc2c(c(=O)n(CCCCN)c(=O)n2CC(C)C)n1C. The Hall–Kier alpha value is -1.89. The molecule has 2 aromatic rings. The number of aromatic nitrogens is 4. The van der Waals surface area contributed by atoms with Crippen LogP contribution in [0.1, 0.15) is 32.5 Å². The van der Waals surface area contributed by atoms with Gasteiger partial charge in [0.2, 0.25) is 0 Å². The van der Waals surface area contributed by atoms with E-state index in [1.54, 1.807) is 16.2 Å². The average Bonchev–Trinajstić information content (AvgIpc) is 2.74. The molecule has 2 rings (SSSR count). The molecule has 2 aromatic heterocycles. The van der Waals surface area contributed by atoms with Gasteiger partial charge in [0.25, 0.3) is 5.56 Å². The lowest BCUT2D eigenvalue weighted by Gasteiger charge is -2.13. The predicted molar refractivity (Wildman–Crippen MR) is 87.1 cm³/mol. The molecule has 0 aliphatic heterocycles. The first kappa shape index (κ1) is 16.5. The van der Waals surface area contributed by atoms with Crippen LogP contribution in [0.2, 0.25) is 0 Å². The van der Waals surface area contributed by atoms with Gasteiger partial charge in [0.1, 0.15) is 5.82 Å². The summed E-state index contributed by atoms with van der Waals surface area (Å²) in [7, 11) is 1.81. The third-order valence-corrected chi connectivity index (χ3v) is 3.85. The van der Waals surface area contributed by atoms with E-state index in [-0.39, 0.29) is 11.2 Å². The smallest absolute Gasteiger partial charge is 0.330 e. The van der Waals surface area contributed by atoms with Gasteiger partial charge in [-0.25, -0.2) is 9.78 Å². The van der Waals surface area contributed by atoms with Crippen molar-refractivity contribution in [3.63, 3.8) is 0 Å². The molecule has 0 radical (unpaired) electrons. The average molecular weight is 307 g/mol. The van der Waals surface area contributed by atoms with Gasteiger partial charge in [0, 0.05) is 20.1 Å². The number of nitrogens with two attached hydrogens (primary N) is 1. The summed E-state index contributed by atoms with van der Waals surface area (Å²) in [6, 6.07) is 0. The highest BCUT2D eigenvalue weighted by Gasteiger charge is 2.18. The fourth-order valence-corrected chi connectivity index (χ4v) is 2.61. The Morgan fingerprint density at radius 3 is 2.45 bits per heavy atom. The highest BCUT2D eigenvalue weighted by atomic mass is 16.2. The molecular formula is C15H25N5O2. The minimum atomic E-state index is -0.277. The Morgan fingerprint density at radius 2 is 1.86 bits per heavy atom. The molecule has 0 saturated carbocycles. The molecule has 0 aromatic carbocycles. The summed E-state index contributed by atoms with van der Waals surface area (Å²) in [5.74, 6) is 1.02. The predicted octanol–water partition coefficient (Wildman–Crippen LogP) is 0.600. The molecule has 22 heavy (non-hydrogen) atoms. The Balaban J connectivity index is 2.72. The van der Waals surface area contributed by atoms with Gasteiger partial charge < -0.3 is 10.3 Å². The topological polar surface area (TPSA) is 87.8 Å². The summed E-state index contributed by atoms with van der Waals surface area (Å²) in [4.78, 5) is 29.8. The molecule has 0 amide bonds. The van der Waals surface area contributed by atoms with E-state index >= 15 is 0 Å². The van der Waals surface area contributed by atoms with Crippen LogP contribution in [0.15, 0.2) is 9.59 Å². The van der Waals surface area contributed by atoms with Crippen molar-refractivity contribution in [2.75, 3.05) is 6.54 Å². The molecule has 7 nitrogen and oxygen atoms in total. The molecular weight excluding hydrogens is 282 g/mol. The van der Waals surface area contributed by atoms with E-state index in [1.165, 1.54) is 4.57 Å². The summed E-state index contributed by atoms with van der Waals surface area (Å²) in [5, 5.41) is 0. The summed E-state index contributed by atoms with van der Waals surface area (Å²) >= 11 is 0. The van der Waals surface area contributed by atoms with Gasteiger partial charge in [-0.15, -0.1) is 0 Å². The fourth-order valence-electron chi connectivity index (χ4n) is 2.61. The second-order valence-electron chi connectivity index (χ2n) is 6.13. The molecule has 7 heteroatoms. The fraction of sp³-hybridized carbons (Fsp3) is 0.667. The number of hydrogen-bond acceptors (Lipinski definition) is 4. The molecule has 0 unspecified atom stereocenters. The molecule has 0 saturated heterocycles. The highest BCUT2D eigenvalue weighted by molar-refractivity contribution is 5.70. The Bertz CT molecular complexity index is 782. The molecule has 0 aliphatic rings. The second kappa shape index (κ2) is 6.48. The van der Waals surface area contributed by atoms with Gasteiger partial charge >= 0.3 is 5.69 Å². The Kier molecular flexibility index (Phi) is 4.85. The van der Waals surface area contributed by atoms with Crippen LogP contribution in [-0.4, -0.2) is 25.2 Å². The van der Waals surface area contributed by atoms with Gasteiger partial charge in [-0.3, -0.25) is 13.9 Å².